The zero-order valence-corrected chi connectivity index (χ0v) is 19.9. The van der Waals surface area contributed by atoms with Gasteiger partial charge in [-0.2, -0.15) is 0 Å². The van der Waals surface area contributed by atoms with E-state index in [0.29, 0.717) is 35.7 Å². The monoisotopic (exact) mass is 494 g/mol. The van der Waals surface area contributed by atoms with E-state index in [1.807, 2.05) is 36.4 Å². The summed E-state index contributed by atoms with van der Waals surface area (Å²) in [5.74, 6) is 0.0197. The van der Waals surface area contributed by atoms with Crippen LogP contribution in [0, 0.1) is 0 Å². The number of anilines is 1. The highest BCUT2D eigenvalue weighted by atomic mass is 79.9. The molecule has 0 aromatic heterocycles. The molecule has 5 nitrogen and oxygen atoms in total. The Morgan fingerprint density at radius 1 is 0.969 bits per heavy atom. The second-order valence-electron chi connectivity index (χ2n) is 7.49. The standard InChI is InChI=1S/C26H27BrN2O3/c1-3-4-16-32-24-15-14-20(27)17-22(24)25(30)28-23-13-9-8-12-21(23)26(31)29(2)18-19-10-6-5-7-11-19/h5-15,17H,3-4,16,18H2,1-2H3,(H,28,30). The quantitative estimate of drug-likeness (QED) is 0.362. The van der Waals surface area contributed by atoms with Gasteiger partial charge in [0.1, 0.15) is 5.75 Å². The molecule has 0 bridgehead atoms. The SMILES string of the molecule is CCCCOc1ccc(Br)cc1C(=O)Nc1ccccc1C(=O)N(C)Cc1ccccc1. The minimum Gasteiger partial charge on any atom is -0.493 e. The van der Waals surface area contributed by atoms with Crippen LogP contribution in [0.25, 0.3) is 0 Å². The van der Waals surface area contributed by atoms with Gasteiger partial charge in [0.2, 0.25) is 0 Å². The molecule has 0 aliphatic heterocycles. The van der Waals surface area contributed by atoms with Crippen molar-refractivity contribution in [3.63, 3.8) is 0 Å². The summed E-state index contributed by atoms with van der Waals surface area (Å²) in [4.78, 5) is 27.9. The highest BCUT2D eigenvalue weighted by molar-refractivity contribution is 9.10. The van der Waals surface area contributed by atoms with Crippen LogP contribution in [0.15, 0.2) is 77.3 Å². The predicted octanol–water partition coefficient (Wildman–Crippen LogP) is 6.15. The predicted molar refractivity (Wildman–Crippen MR) is 131 cm³/mol. The number of halogens is 1. The lowest BCUT2D eigenvalue weighted by Crippen LogP contribution is -2.27. The molecule has 0 atom stereocenters. The Balaban J connectivity index is 1.80. The summed E-state index contributed by atoms with van der Waals surface area (Å²) in [5.41, 5.74) is 2.34. The van der Waals surface area contributed by atoms with E-state index in [4.69, 9.17) is 4.74 Å². The maximum Gasteiger partial charge on any atom is 0.259 e. The van der Waals surface area contributed by atoms with Gasteiger partial charge < -0.3 is 15.0 Å². The molecule has 2 amide bonds. The van der Waals surface area contributed by atoms with E-state index in [1.165, 1.54) is 0 Å². The number of unbranched alkanes of at least 4 members (excludes halogenated alkanes) is 1. The number of ether oxygens (including phenoxy) is 1. The molecule has 3 aromatic carbocycles. The first-order valence-corrected chi connectivity index (χ1v) is 11.4. The number of carbonyl (C=O) groups excluding carboxylic acids is 2. The number of hydrogen-bond acceptors (Lipinski definition) is 3. The molecule has 0 aliphatic rings. The molecule has 0 fully saturated rings. The largest absolute Gasteiger partial charge is 0.493 e. The molecule has 0 aliphatic carbocycles. The number of para-hydroxylation sites is 1. The summed E-state index contributed by atoms with van der Waals surface area (Å²) in [6.07, 6.45) is 1.91. The molecular weight excluding hydrogens is 468 g/mol. The second kappa shape index (κ2) is 11.5. The fourth-order valence-electron chi connectivity index (χ4n) is 3.23. The number of benzene rings is 3. The van der Waals surface area contributed by atoms with E-state index in [0.717, 1.165) is 22.9 Å². The van der Waals surface area contributed by atoms with E-state index in [1.54, 1.807) is 48.3 Å². The lowest BCUT2D eigenvalue weighted by molar-refractivity contribution is 0.0786. The molecule has 0 saturated carbocycles. The minimum absolute atomic E-state index is 0.168. The molecular formula is C26H27BrN2O3. The first-order chi connectivity index (χ1) is 15.5. The van der Waals surface area contributed by atoms with E-state index in [-0.39, 0.29) is 11.8 Å². The maximum absolute atomic E-state index is 13.1. The fourth-order valence-corrected chi connectivity index (χ4v) is 3.60. The smallest absolute Gasteiger partial charge is 0.259 e. The van der Waals surface area contributed by atoms with Gasteiger partial charge in [-0.05, 0) is 42.3 Å². The topological polar surface area (TPSA) is 58.6 Å². The Hall–Kier alpha value is -3.12. The molecule has 6 heteroatoms. The number of nitrogens with zero attached hydrogens (tertiary/aromatic N) is 1. The Bertz CT molecular complexity index is 1070. The van der Waals surface area contributed by atoms with Crippen molar-refractivity contribution in [3.05, 3.63) is 94.0 Å². The molecule has 3 aromatic rings. The Labute approximate surface area is 197 Å². The zero-order valence-electron chi connectivity index (χ0n) is 18.3. The van der Waals surface area contributed by atoms with Crippen molar-refractivity contribution in [1.82, 2.24) is 4.90 Å². The third-order valence-electron chi connectivity index (χ3n) is 4.96. The van der Waals surface area contributed by atoms with Crippen molar-refractivity contribution in [2.45, 2.75) is 26.3 Å². The third kappa shape index (κ3) is 6.20. The van der Waals surface area contributed by atoms with Gasteiger partial charge in [-0.15, -0.1) is 0 Å². The highest BCUT2D eigenvalue weighted by Crippen LogP contribution is 2.26. The van der Waals surface area contributed by atoms with Gasteiger partial charge in [0.05, 0.1) is 23.4 Å². The summed E-state index contributed by atoms with van der Waals surface area (Å²) >= 11 is 3.42. The average Bonchev–Trinajstić information content (AvgIpc) is 2.80. The second-order valence-corrected chi connectivity index (χ2v) is 8.40. The first kappa shape index (κ1) is 23.5. The van der Waals surface area contributed by atoms with Crippen LogP contribution >= 0.6 is 15.9 Å². The van der Waals surface area contributed by atoms with Crippen molar-refractivity contribution in [2.24, 2.45) is 0 Å². The van der Waals surface area contributed by atoms with Crippen LogP contribution in [0.4, 0.5) is 5.69 Å². The van der Waals surface area contributed by atoms with Crippen molar-refractivity contribution < 1.29 is 14.3 Å². The van der Waals surface area contributed by atoms with Crippen molar-refractivity contribution in [1.29, 1.82) is 0 Å². The van der Waals surface area contributed by atoms with Gasteiger partial charge in [0.25, 0.3) is 11.8 Å². The number of hydrogen-bond donors (Lipinski definition) is 1. The lowest BCUT2D eigenvalue weighted by Gasteiger charge is -2.20. The Morgan fingerprint density at radius 3 is 2.44 bits per heavy atom. The van der Waals surface area contributed by atoms with E-state index in [9.17, 15) is 9.59 Å². The van der Waals surface area contributed by atoms with Crippen LogP contribution in [0.5, 0.6) is 5.75 Å². The Kier molecular flexibility index (Phi) is 8.45. The number of carbonyl (C=O) groups is 2. The average molecular weight is 495 g/mol. The van der Waals surface area contributed by atoms with Crippen molar-refractivity contribution in [3.8, 4) is 5.75 Å². The van der Waals surface area contributed by atoms with Gasteiger partial charge in [0.15, 0.2) is 0 Å². The third-order valence-corrected chi connectivity index (χ3v) is 5.45. The number of rotatable bonds is 9. The van der Waals surface area contributed by atoms with Crippen LogP contribution in [0.2, 0.25) is 0 Å². The van der Waals surface area contributed by atoms with Crippen molar-refractivity contribution >= 4 is 33.4 Å². The molecule has 0 spiro atoms. The molecule has 3 rings (SSSR count). The molecule has 0 heterocycles. The van der Waals surface area contributed by atoms with Gasteiger partial charge in [-0.1, -0.05) is 71.7 Å². The molecule has 32 heavy (non-hydrogen) atoms. The summed E-state index contributed by atoms with van der Waals surface area (Å²) in [6, 6.07) is 22.2. The lowest BCUT2D eigenvalue weighted by atomic mass is 10.1. The number of nitrogens with one attached hydrogen (secondary N) is 1. The molecule has 0 saturated heterocycles. The van der Waals surface area contributed by atoms with Gasteiger partial charge in [0, 0.05) is 18.1 Å². The molecule has 0 radical (unpaired) electrons. The van der Waals surface area contributed by atoms with E-state index >= 15 is 0 Å². The van der Waals surface area contributed by atoms with Crippen LogP contribution < -0.4 is 10.1 Å². The van der Waals surface area contributed by atoms with Gasteiger partial charge >= 0.3 is 0 Å². The summed E-state index contributed by atoms with van der Waals surface area (Å²) in [6.45, 7) is 3.10. The fraction of sp³-hybridized carbons (Fsp3) is 0.231. The van der Waals surface area contributed by atoms with E-state index in [2.05, 4.69) is 28.2 Å². The van der Waals surface area contributed by atoms with E-state index < -0.39 is 0 Å². The minimum atomic E-state index is -0.330. The molecule has 1 N–H and O–H groups in total. The van der Waals surface area contributed by atoms with Crippen LogP contribution in [0.3, 0.4) is 0 Å². The zero-order chi connectivity index (χ0) is 22.9. The molecule has 166 valence electrons. The number of amides is 2. The summed E-state index contributed by atoms with van der Waals surface area (Å²) in [7, 11) is 1.75. The highest BCUT2D eigenvalue weighted by Gasteiger charge is 2.19. The first-order valence-electron chi connectivity index (χ1n) is 10.6. The van der Waals surface area contributed by atoms with Crippen LogP contribution in [0.1, 0.15) is 46.0 Å². The summed E-state index contributed by atoms with van der Waals surface area (Å²) < 4.78 is 6.59. The Morgan fingerprint density at radius 2 is 1.69 bits per heavy atom. The van der Waals surface area contributed by atoms with Crippen LogP contribution in [-0.4, -0.2) is 30.4 Å². The van der Waals surface area contributed by atoms with Crippen LogP contribution in [-0.2, 0) is 6.54 Å². The maximum atomic E-state index is 13.1. The summed E-state index contributed by atoms with van der Waals surface area (Å²) in [5, 5.41) is 2.90. The molecule has 0 unspecified atom stereocenters. The normalized spacial score (nSPS) is 10.5. The van der Waals surface area contributed by atoms with Crippen molar-refractivity contribution in [2.75, 3.05) is 19.0 Å². The van der Waals surface area contributed by atoms with Gasteiger partial charge in [-0.25, -0.2) is 0 Å². The van der Waals surface area contributed by atoms with Gasteiger partial charge in [-0.3, -0.25) is 9.59 Å².